The summed E-state index contributed by atoms with van der Waals surface area (Å²) in [4.78, 5) is 25.7. The lowest BCUT2D eigenvalue weighted by Crippen LogP contribution is -2.61. The standard InChI is InChI=1S/C49H88O15/c1-3-5-7-9-11-13-15-17-18-20-21-23-25-27-29-31-40(51)59-34-37(62-41(52)32-30-28-26-24-22-19-16-14-12-10-8-6-4-2)35-60-48-47(58)45(56)43(54)39(64-48)36-61-49-46(57)44(55)42(53)38(33-50)63-49/h11,13,17-18,37-39,42-50,53-58H,3-10,12,14-16,19-36H2,1-2H3. The van der Waals surface area contributed by atoms with E-state index in [-0.39, 0.29) is 26.1 Å². The third-order valence-corrected chi connectivity index (χ3v) is 11.9. The van der Waals surface area contributed by atoms with Crippen molar-refractivity contribution in [1.29, 1.82) is 0 Å². The van der Waals surface area contributed by atoms with E-state index >= 15 is 0 Å². The third-order valence-electron chi connectivity index (χ3n) is 11.9. The summed E-state index contributed by atoms with van der Waals surface area (Å²) in [6.07, 6.45) is 19.2. The molecule has 0 aliphatic carbocycles. The summed E-state index contributed by atoms with van der Waals surface area (Å²) in [6, 6.07) is 0. The Morgan fingerprint density at radius 2 is 0.938 bits per heavy atom. The van der Waals surface area contributed by atoms with Crippen LogP contribution in [0.4, 0.5) is 0 Å². The number of hydrogen-bond donors (Lipinski definition) is 7. The highest BCUT2D eigenvalue weighted by atomic mass is 16.7. The molecule has 0 aromatic rings. The van der Waals surface area contributed by atoms with Gasteiger partial charge in [0.15, 0.2) is 18.7 Å². The number of ether oxygens (including phenoxy) is 6. The van der Waals surface area contributed by atoms with Crippen LogP contribution in [0.1, 0.15) is 181 Å². The zero-order chi connectivity index (χ0) is 46.8. The normalized spacial score (nSPS) is 26.8. The molecule has 11 atom stereocenters. The van der Waals surface area contributed by atoms with Crippen molar-refractivity contribution in [2.45, 2.75) is 248 Å². The second-order valence-corrected chi connectivity index (χ2v) is 17.6. The topological polar surface area (TPSA) is 231 Å². The lowest BCUT2D eigenvalue weighted by Gasteiger charge is -2.42. The van der Waals surface area contributed by atoms with E-state index in [2.05, 4.69) is 38.2 Å². The Balaban J connectivity index is 1.83. The molecule has 7 N–H and O–H groups in total. The number of hydrogen-bond acceptors (Lipinski definition) is 15. The van der Waals surface area contributed by atoms with Crippen molar-refractivity contribution < 1.29 is 73.8 Å². The quantitative estimate of drug-likeness (QED) is 0.0203. The van der Waals surface area contributed by atoms with Crippen molar-refractivity contribution in [3.8, 4) is 0 Å². The molecule has 0 amide bonds. The molecule has 374 valence electrons. The molecule has 15 nitrogen and oxygen atoms in total. The first-order valence-electron chi connectivity index (χ1n) is 24.9. The Kier molecular flexibility index (Phi) is 33.6. The van der Waals surface area contributed by atoms with E-state index in [1.165, 1.54) is 77.0 Å². The van der Waals surface area contributed by atoms with Gasteiger partial charge in [-0.3, -0.25) is 9.59 Å². The van der Waals surface area contributed by atoms with Crippen LogP contribution < -0.4 is 0 Å². The molecule has 0 aromatic carbocycles. The van der Waals surface area contributed by atoms with Crippen LogP contribution in [0.15, 0.2) is 24.3 Å². The van der Waals surface area contributed by atoms with Gasteiger partial charge in [-0.15, -0.1) is 0 Å². The molecule has 0 saturated carbocycles. The third kappa shape index (κ3) is 25.2. The van der Waals surface area contributed by atoms with Crippen LogP contribution in [-0.4, -0.2) is 142 Å². The van der Waals surface area contributed by atoms with E-state index < -0.39 is 92.7 Å². The molecule has 15 heteroatoms. The van der Waals surface area contributed by atoms with E-state index in [9.17, 15) is 45.3 Å². The highest BCUT2D eigenvalue weighted by molar-refractivity contribution is 5.70. The summed E-state index contributed by atoms with van der Waals surface area (Å²) in [5.74, 6) is -0.936. The molecule has 0 spiro atoms. The van der Waals surface area contributed by atoms with E-state index in [1.54, 1.807) is 0 Å². The van der Waals surface area contributed by atoms with Crippen molar-refractivity contribution in [3.63, 3.8) is 0 Å². The monoisotopic (exact) mass is 917 g/mol. The van der Waals surface area contributed by atoms with Crippen molar-refractivity contribution in [2.24, 2.45) is 0 Å². The Morgan fingerprint density at radius 3 is 1.48 bits per heavy atom. The lowest BCUT2D eigenvalue weighted by molar-refractivity contribution is -0.332. The zero-order valence-electron chi connectivity index (χ0n) is 39.3. The fraction of sp³-hybridized carbons (Fsp3) is 0.878. The lowest BCUT2D eigenvalue weighted by atomic mass is 9.98. The Morgan fingerprint density at radius 1 is 0.500 bits per heavy atom. The fourth-order valence-corrected chi connectivity index (χ4v) is 7.78. The molecule has 2 fully saturated rings. The van der Waals surface area contributed by atoms with Crippen molar-refractivity contribution in [1.82, 2.24) is 0 Å². The highest BCUT2D eigenvalue weighted by Crippen LogP contribution is 2.26. The van der Waals surface area contributed by atoms with E-state index in [0.717, 1.165) is 64.2 Å². The Bertz CT molecular complexity index is 1220. The molecule has 2 heterocycles. The van der Waals surface area contributed by atoms with Gasteiger partial charge in [0.25, 0.3) is 0 Å². The Hall–Kier alpha value is -2.02. The fourth-order valence-electron chi connectivity index (χ4n) is 7.78. The van der Waals surface area contributed by atoms with Crippen molar-refractivity contribution in [3.05, 3.63) is 24.3 Å². The van der Waals surface area contributed by atoms with E-state index in [0.29, 0.717) is 12.8 Å². The summed E-state index contributed by atoms with van der Waals surface area (Å²) < 4.78 is 33.5. The number of carbonyl (C=O) groups excluding carboxylic acids is 2. The number of allylic oxidation sites excluding steroid dienone is 4. The van der Waals surface area contributed by atoms with Gasteiger partial charge in [0, 0.05) is 12.8 Å². The van der Waals surface area contributed by atoms with Gasteiger partial charge in [-0.1, -0.05) is 147 Å². The first-order chi connectivity index (χ1) is 31.0. The first-order valence-corrected chi connectivity index (χ1v) is 24.9. The molecule has 2 aliphatic rings. The second kappa shape index (κ2) is 37.0. The second-order valence-electron chi connectivity index (χ2n) is 17.6. The van der Waals surface area contributed by atoms with Gasteiger partial charge in [0.1, 0.15) is 55.4 Å². The van der Waals surface area contributed by atoms with Crippen molar-refractivity contribution >= 4 is 11.9 Å². The number of aliphatic hydroxyl groups excluding tert-OH is 7. The molecule has 64 heavy (non-hydrogen) atoms. The summed E-state index contributed by atoms with van der Waals surface area (Å²) >= 11 is 0. The SMILES string of the molecule is CCCCCC=CCC=CCCCCCCCC(=O)OCC(COC1OC(COC2OC(CO)C(O)C(O)C2O)C(O)C(O)C1O)OC(=O)CCCCCCCCCCCCCCC. The number of aliphatic hydroxyl groups is 7. The van der Waals surface area contributed by atoms with Gasteiger partial charge in [0.2, 0.25) is 0 Å². The summed E-state index contributed by atoms with van der Waals surface area (Å²) in [7, 11) is 0. The van der Waals surface area contributed by atoms with Crippen molar-refractivity contribution in [2.75, 3.05) is 26.4 Å². The molecule has 2 rings (SSSR count). The van der Waals surface area contributed by atoms with E-state index in [1.807, 2.05) is 0 Å². The predicted octanol–water partition coefficient (Wildman–Crippen LogP) is 6.38. The minimum absolute atomic E-state index is 0.166. The van der Waals surface area contributed by atoms with Crippen LogP contribution in [-0.2, 0) is 38.0 Å². The minimum atomic E-state index is -1.76. The zero-order valence-corrected chi connectivity index (χ0v) is 39.3. The summed E-state index contributed by atoms with van der Waals surface area (Å²) in [5.41, 5.74) is 0. The van der Waals surface area contributed by atoms with Gasteiger partial charge >= 0.3 is 11.9 Å². The molecule has 0 bridgehead atoms. The Labute approximate surface area is 383 Å². The molecular formula is C49H88O15. The summed E-state index contributed by atoms with van der Waals surface area (Å²) in [5, 5.41) is 72.0. The first kappa shape index (κ1) is 58.1. The van der Waals surface area contributed by atoms with Crippen LogP contribution in [0, 0.1) is 0 Å². The maximum absolute atomic E-state index is 13.0. The van der Waals surface area contributed by atoms with Crippen LogP contribution in [0.25, 0.3) is 0 Å². The minimum Gasteiger partial charge on any atom is -0.462 e. The highest BCUT2D eigenvalue weighted by Gasteiger charge is 2.47. The predicted molar refractivity (Wildman–Crippen MR) is 243 cm³/mol. The van der Waals surface area contributed by atoms with Gasteiger partial charge in [-0.2, -0.15) is 0 Å². The van der Waals surface area contributed by atoms with Crippen LogP contribution in [0.5, 0.6) is 0 Å². The van der Waals surface area contributed by atoms with Crippen LogP contribution in [0.3, 0.4) is 0 Å². The number of esters is 2. The number of unbranched alkanes of at least 4 members (excludes halogenated alkanes) is 20. The van der Waals surface area contributed by atoms with Gasteiger partial charge in [-0.05, 0) is 44.9 Å². The van der Waals surface area contributed by atoms with E-state index in [4.69, 9.17) is 28.4 Å². The van der Waals surface area contributed by atoms with Gasteiger partial charge in [0.05, 0.1) is 19.8 Å². The molecule has 2 aliphatic heterocycles. The molecule has 0 radical (unpaired) electrons. The molecule has 2 saturated heterocycles. The molecule has 11 unspecified atom stereocenters. The average molecular weight is 917 g/mol. The van der Waals surface area contributed by atoms with Gasteiger partial charge < -0.3 is 64.2 Å². The summed E-state index contributed by atoms with van der Waals surface area (Å²) in [6.45, 7) is 2.55. The molecule has 0 aromatic heterocycles. The smallest absolute Gasteiger partial charge is 0.306 e. The number of carbonyl (C=O) groups is 2. The van der Waals surface area contributed by atoms with Crippen LogP contribution >= 0.6 is 0 Å². The van der Waals surface area contributed by atoms with Gasteiger partial charge in [-0.25, -0.2) is 0 Å². The largest absolute Gasteiger partial charge is 0.462 e. The molecular weight excluding hydrogens is 829 g/mol. The maximum atomic E-state index is 13.0. The van der Waals surface area contributed by atoms with Crippen LogP contribution in [0.2, 0.25) is 0 Å². The average Bonchev–Trinajstić information content (AvgIpc) is 3.29. The number of rotatable bonds is 38. The maximum Gasteiger partial charge on any atom is 0.306 e.